The maximum Gasteiger partial charge on any atom is 0.411 e. The normalized spacial score (nSPS) is 19.4. The number of aliphatic carboxylic acids is 1. The molecule has 2 atom stereocenters. The molecule has 1 N–H and O–H groups in total. The second-order valence-corrected chi connectivity index (χ2v) is 14.8. The molecule has 33 heavy (non-hydrogen) atoms. The van der Waals surface area contributed by atoms with E-state index in [1.807, 2.05) is 36.4 Å². The van der Waals surface area contributed by atoms with Gasteiger partial charge in [-0.05, 0) is 42.6 Å². The number of ether oxygens (including phenoxy) is 1. The highest BCUT2D eigenvalue weighted by molar-refractivity contribution is 6.99. The second-order valence-electron chi connectivity index (χ2n) is 10.6. The van der Waals surface area contributed by atoms with Crippen LogP contribution in [0.25, 0.3) is 0 Å². The van der Waals surface area contributed by atoms with E-state index in [2.05, 4.69) is 45.0 Å². The Kier molecular flexibility index (Phi) is 7.05. The van der Waals surface area contributed by atoms with Crippen molar-refractivity contribution in [2.45, 2.75) is 70.7 Å². The van der Waals surface area contributed by atoms with E-state index >= 15 is 0 Å². The van der Waals surface area contributed by atoms with Gasteiger partial charge >= 0.3 is 12.1 Å². The predicted octanol–water partition coefficient (Wildman–Crippen LogP) is 4.03. The molecule has 2 unspecified atom stereocenters. The molecule has 2 aromatic carbocycles. The molecular formula is C26H35NO5Si. The summed E-state index contributed by atoms with van der Waals surface area (Å²) in [5.74, 6) is -1.08. The van der Waals surface area contributed by atoms with E-state index in [9.17, 15) is 14.7 Å². The molecule has 2 aromatic rings. The molecule has 1 heterocycles. The Hall–Kier alpha value is -2.64. The zero-order valence-corrected chi connectivity index (χ0v) is 21.4. The maximum absolute atomic E-state index is 12.8. The molecule has 0 saturated carbocycles. The van der Waals surface area contributed by atoms with Gasteiger partial charge in [0, 0.05) is 6.54 Å². The van der Waals surface area contributed by atoms with Gasteiger partial charge in [0.15, 0.2) is 6.04 Å². The van der Waals surface area contributed by atoms with Crippen molar-refractivity contribution in [3.63, 3.8) is 0 Å². The summed E-state index contributed by atoms with van der Waals surface area (Å²) in [4.78, 5) is 26.5. The Morgan fingerprint density at radius 1 is 0.909 bits per heavy atom. The number of rotatable bonds is 5. The summed E-state index contributed by atoms with van der Waals surface area (Å²) in [7, 11) is -2.96. The number of carboxylic acids is 1. The Morgan fingerprint density at radius 2 is 1.39 bits per heavy atom. The van der Waals surface area contributed by atoms with Crippen molar-refractivity contribution >= 4 is 30.8 Å². The number of carbonyl (C=O) groups is 2. The van der Waals surface area contributed by atoms with Crippen LogP contribution in [-0.4, -0.2) is 54.7 Å². The first kappa shape index (κ1) is 25.0. The van der Waals surface area contributed by atoms with E-state index in [4.69, 9.17) is 9.16 Å². The lowest BCUT2D eigenvalue weighted by Crippen LogP contribution is -2.68. The minimum atomic E-state index is -2.96. The maximum atomic E-state index is 12.8. The third kappa shape index (κ3) is 5.14. The summed E-state index contributed by atoms with van der Waals surface area (Å²) < 4.78 is 12.5. The molecule has 1 fully saturated rings. The molecule has 0 spiro atoms. The molecule has 0 aliphatic carbocycles. The lowest BCUT2D eigenvalue weighted by molar-refractivity contribution is -0.144. The fourth-order valence-corrected chi connectivity index (χ4v) is 9.34. The first-order chi connectivity index (χ1) is 15.4. The average molecular weight is 470 g/mol. The van der Waals surface area contributed by atoms with Gasteiger partial charge < -0.3 is 14.3 Å². The quantitative estimate of drug-likeness (QED) is 0.669. The van der Waals surface area contributed by atoms with Gasteiger partial charge in [-0.3, -0.25) is 4.90 Å². The van der Waals surface area contributed by atoms with Crippen LogP contribution >= 0.6 is 0 Å². The molecule has 0 aromatic heterocycles. The average Bonchev–Trinajstić information content (AvgIpc) is 3.15. The van der Waals surface area contributed by atoms with E-state index < -0.39 is 38.1 Å². The highest BCUT2D eigenvalue weighted by Crippen LogP contribution is 2.39. The minimum absolute atomic E-state index is 0.273. The van der Waals surface area contributed by atoms with Crippen LogP contribution in [0.15, 0.2) is 60.7 Å². The summed E-state index contributed by atoms with van der Waals surface area (Å²) in [6.45, 7) is 12.0. The molecule has 0 bridgehead atoms. The van der Waals surface area contributed by atoms with Gasteiger partial charge in [0.05, 0.1) is 6.10 Å². The largest absolute Gasteiger partial charge is 0.480 e. The summed E-state index contributed by atoms with van der Waals surface area (Å²) in [5, 5.41) is 12.0. The van der Waals surface area contributed by atoms with Crippen LogP contribution in [0.5, 0.6) is 0 Å². The number of hydrogen-bond acceptors (Lipinski definition) is 4. The SMILES string of the molecule is CC(C)(C)OC(=O)N1CCC(O[Si](c2ccccc2)(c2ccccc2)C(C)(C)C)C1C(=O)O. The molecule has 1 saturated heterocycles. The minimum Gasteiger partial charge on any atom is -0.480 e. The molecule has 1 aliphatic rings. The summed E-state index contributed by atoms with van der Waals surface area (Å²) >= 11 is 0. The first-order valence-corrected chi connectivity index (χ1v) is 13.3. The third-order valence-electron chi connectivity index (χ3n) is 5.97. The van der Waals surface area contributed by atoms with Crippen molar-refractivity contribution in [1.82, 2.24) is 4.90 Å². The number of benzene rings is 2. The highest BCUT2D eigenvalue weighted by atomic mass is 28.4. The zero-order valence-electron chi connectivity index (χ0n) is 20.4. The fraction of sp³-hybridized carbons (Fsp3) is 0.462. The van der Waals surface area contributed by atoms with Crippen LogP contribution in [0.3, 0.4) is 0 Å². The Balaban J connectivity index is 2.08. The van der Waals surface area contributed by atoms with Crippen LogP contribution in [0, 0.1) is 0 Å². The predicted molar refractivity (Wildman–Crippen MR) is 131 cm³/mol. The lowest BCUT2D eigenvalue weighted by Gasteiger charge is -2.45. The van der Waals surface area contributed by atoms with Crippen LogP contribution in [0.2, 0.25) is 5.04 Å². The van der Waals surface area contributed by atoms with Gasteiger partial charge in [-0.25, -0.2) is 9.59 Å². The Labute approximate surface area is 197 Å². The van der Waals surface area contributed by atoms with Crippen molar-refractivity contribution in [2.24, 2.45) is 0 Å². The van der Waals surface area contributed by atoms with Crippen molar-refractivity contribution in [1.29, 1.82) is 0 Å². The van der Waals surface area contributed by atoms with E-state index in [0.29, 0.717) is 6.42 Å². The zero-order chi connectivity index (χ0) is 24.4. The number of likely N-dealkylation sites (tertiary alicyclic amines) is 1. The lowest BCUT2D eigenvalue weighted by atomic mass is 10.2. The smallest absolute Gasteiger partial charge is 0.411 e. The molecule has 7 heteroatoms. The molecule has 0 radical (unpaired) electrons. The number of amides is 1. The van der Waals surface area contributed by atoms with E-state index in [0.717, 1.165) is 10.4 Å². The molecule has 6 nitrogen and oxygen atoms in total. The topological polar surface area (TPSA) is 76.1 Å². The third-order valence-corrected chi connectivity index (χ3v) is 11.0. The monoisotopic (exact) mass is 469 g/mol. The van der Waals surface area contributed by atoms with Crippen LogP contribution in [-0.2, 0) is 14.0 Å². The number of hydrogen-bond donors (Lipinski definition) is 1. The van der Waals surface area contributed by atoms with Gasteiger partial charge in [0.25, 0.3) is 8.32 Å². The first-order valence-electron chi connectivity index (χ1n) is 11.4. The molecule has 1 amide bonds. The number of nitrogens with zero attached hydrogens (tertiary/aromatic N) is 1. The van der Waals surface area contributed by atoms with Gasteiger partial charge in [-0.2, -0.15) is 0 Å². The van der Waals surface area contributed by atoms with Gasteiger partial charge in [0.1, 0.15) is 5.60 Å². The highest BCUT2D eigenvalue weighted by Gasteiger charge is 2.55. The van der Waals surface area contributed by atoms with Crippen molar-refractivity contribution in [3.8, 4) is 0 Å². The van der Waals surface area contributed by atoms with Gasteiger partial charge in [-0.1, -0.05) is 81.4 Å². The summed E-state index contributed by atoms with van der Waals surface area (Å²) in [6, 6.07) is 19.1. The fourth-order valence-electron chi connectivity index (χ4n) is 4.62. The Bertz CT molecular complexity index is 926. The van der Waals surface area contributed by atoms with Gasteiger partial charge in [-0.15, -0.1) is 0 Å². The van der Waals surface area contributed by atoms with Crippen molar-refractivity contribution in [3.05, 3.63) is 60.7 Å². The molecular weight excluding hydrogens is 434 g/mol. The number of carboxylic acid groups (broad SMARTS) is 1. The standard InChI is InChI=1S/C26H35NO5Si/c1-25(2,3)31-24(30)27-18-17-21(22(27)23(28)29)32-33(26(4,5)6,19-13-9-7-10-14-19)20-15-11-8-12-16-20/h7-16,21-22H,17-18H2,1-6H3,(H,28,29). The Morgan fingerprint density at radius 3 is 1.79 bits per heavy atom. The molecule has 178 valence electrons. The van der Waals surface area contributed by atoms with Crippen molar-refractivity contribution < 1.29 is 23.9 Å². The van der Waals surface area contributed by atoms with E-state index in [1.54, 1.807) is 20.8 Å². The van der Waals surface area contributed by atoms with Crippen LogP contribution < -0.4 is 10.4 Å². The molecule has 1 aliphatic heterocycles. The van der Waals surface area contributed by atoms with Gasteiger partial charge in [0.2, 0.25) is 0 Å². The second kappa shape index (κ2) is 9.31. The van der Waals surface area contributed by atoms with E-state index in [-0.39, 0.29) is 11.6 Å². The van der Waals surface area contributed by atoms with Crippen LogP contribution in [0.4, 0.5) is 4.79 Å². The van der Waals surface area contributed by atoms with E-state index in [1.165, 1.54) is 4.90 Å². The number of carbonyl (C=O) groups excluding carboxylic acids is 1. The summed E-state index contributed by atoms with van der Waals surface area (Å²) in [5.41, 5.74) is -0.711. The van der Waals surface area contributed by atoms with Crippen LogP contribution in [0.1, 0.15) is 48.0 Å². The summed E-state index contributed by atoms with van der Waals surface area (Å²) in [6.07, 6.45) is -0.842. The molecule has 3 rings (SSSR count). The van der Waals surface area contributed by atoms with Crippen molar-refractivity contribution in [2.75, 3.05) is 6.54 Å².